The minimum absolute atomic E-state index is 1.25. The molecule has 0 saturated carbocycles. The van der Waals surface area contributed by atoms with Crippen molar-refractivity contribution in [1.82, 2.24) is 0 Å². The van der Waals surface area contributed by atoms with Crippen LogP contribution in [0.4, 0.5) is 0 Å². The summed E-state index contributed by atoms with van der Waals surface area (Å²) in [4.78, 5) is 0. The number of rotatable bonds is 2. The van der Waals surface area contributed by atoms with Gasteiger partial charge in [0.15, 0.2) is 0 Å². The molecule has 0 aliphatic heterocycles. The van der Waals surface area contributed by atoms with Crippen LogP contribution in [-0.4, -0.2) is 0 Å². The molecule has 0 heterocycles. The molecule has 0 fully saturated rings. The molecule has 0 atom stereocenters. The molecule has 210 valence electrons. The summed E-state index contributed by atoms with van der Waals surface area (Å²) in [5.41, 5.74) is 5.06. The van der Waals surface area contributed by atoms with E-state index < -0.39 is 0 Å². The molecule has 0 unspecified atom stereocenters. The van der Waals surface area contributed by atoms with Crippen LogP contribution < -0.4 is 0 Å². The van der Waals surface area contributed by atoms with Crippen LogP contribution in [0.25, 0.3) is 108 Å². The maximum atomic E-state index is 2.39. The van der Waals surface area contributed by atoms with Gasteiger partial charge in [-0.2, -0.15) is 0 Å². The second-order valence-corrected chi connectivity index (χ2v) is 12.9. The molecule has 0 spiro atoms. The van der Waals surface area contributed by atoms with Crippen molar-refractivity contribution in [2.24, 2.45) is 0 Å². The molecule has 0 nitrogen and oxygen atoms in total. The number of hydrogen-bond acceptors (Lipinski definition) is 0. The summed E-state index contributed by atoms with van der Waals surface area (Å²) in [6.45, 7) is 0. The lowest BCUT2D eigenvalue weighted by atomic mass is 9.88. The predicted molar refractivity (Wildman–Crippen MR) is 200 cm³/mol. The van der Waals surface area contributed by atoms with Gasteiger partial charge in [-0.25, -0.2) is 0 Å². The third-order valence-electron chi connectivity index (χ3n) is 10.5. The molecule has 0 aliphatic rings. The monoisotopic (exact) mass is 578 g/mol. The summed E-state index contributed by atoms with van der Waals surface area (Å²) in [7, 11) is 0. The summed E-state index contributed by atoms with van der Waals surface area (Å²) in [6.07, 6.45) is 0. The maximum Gasteiger partial charge on any atom is -0.00206 e. The highest BCUT2D eigenvalue weighted by molar-refractivity contribution is 6.26. The molecule has 0 aromatic heterocycles. The third-order valence-corrected chi connectivity index (χ3v) is 10.5. The van der Waals surface area contributed by atoms with Crippen LogP contribution >= 0.6 is 0 Å². The molecule has 11 rings (SSSR count). The molecule has 11 aromatic rings. The molecule has 11 aromatic carbocycles. The van der Waals surface area contributed by atoms with Gasteiger partial charge in [-0.3, -0.25) is 0 Å². The highest BCUT2D eigenvalue weighted by Gasteiger charge is 2.14. The SMILES string of the molecule is c1cc2ccc3cc(-c4ccc5ccc6cc(-c7ccc8ccc9cccc%10ccc7c8c9%10)ccc6c5c4)cc4ccc(c1)c2c34. The molecule has 0 saturated heterocycles. The Kier molecular flexibility index (Phi) is 4.66. The smallest absolute Gasteiger partial charge is 0.00206 e. The van der Waals surface area contributed by atoms with Crippen LogP contribution in [0.3, 0.4) is 0 Å². The van der Waals surface area contributed by atoms with Gasteiger partial charge in [0.2, 0.25) is 0 Å². The van der Waals surface area contributed by atoms with E-state index in [1.165, 1.54) is 108 Å². The Morgan fingerprint density at radius 2 is 0.674 bits per heavy atom. The lowest BCUT2D eigenvalue weighted by molar-refractivity contribution is 1.69. The molecule has 0 radical (unpaired) electrons. The summed E-state index contributed by atoms with van der Waals surface area (Å²) < 4.78 is 0. The lowest BCUT2D eigenvalue weighted by Crippen LogP contribution is -1.88. The first kappa shape index (κ1) is 24.4. The Labute approximate surface area is 265 Å². The summed E-state index contributed by atoms with van der Waals surface area (Å²) in [5, 5.41) is 21.0. The topological polar surface area (TPSA) is 0 Å². The maximum absolute atomic E-state index is 2.39. The average Bonchev–Trinajstić information content (AvgIpc) is 3.12. The molecule has 0 N–H and O–H groups in total. The van der Waals surface area contributed by atoms with Crippen molar-refractivity contribution in [3.8, 4) is 22.3 Å². The van der Waals surface area contributed by atoms with Gasteiger partial charge < -0.3 is 0 Å². The fourth-order valence-corrected chi connectivity index (χ4v) is 8.31. The van der Waals surface area contributed by atoms with Crippen LogP contribution in [0.15, 0.2) is 158 Å². The minimum atomic E-state index is 1.25. The van der Waals surface area contributed by atoms with Crippen molar-refractivity contribution in [2.45, 2.75) is 0 Å². The Morgan fingerprint density at radius 3 is 1.39 bits per heavy atom. The van der Waals surface area contributed by atoms with Crippen LogP contribution in [-0.2, 0) is 0 Å². The standard InChI is InChI=1S/C46H26/c1-3-28-11-15-36-24-38(25-37-16-12-29(4-1)43(28)45(36)37)33-13-7-27-8-14-34-23-35(19-21-40(34)42(27)26-33)39-20-17-32-10-9-30-5-2-6-31-18-22-41(39)46(32)44(30)31/h1-26H. The zero-order chi connectivity index (χ0) is 29.9. The van der Waals surface area contributed by atoms with Gasteiger partial charge in [0.05, 0.1) is 0 Å². The molecule has 0 bridgehead atoms. The van der Waals surface area contributed by atoms with Crippen molar-refractivity contribution < 1.29 is 0 Å². The van der Waals surface area contributed by atoms with E-state index >= 15 is 0 Å². The summed E-state index contributed by atoms with van der Waals surface area (Å²) in [5.74, 6) is 0. The fraction of sp³-hybridized carbons (Fsp3) is 0. The minimum Gasteiger partial charge on any atom is -0.0610 e. The normalized spacial score (nSPS) is 12.3. The van der Waals surface area contributed by atoms with Gasteiger partial charge in [-0.1, -0.05) is 133 Å². The Bertz CT molecular complexity index is 2940. The second kappa shape index (κ2) is 8.81. The van der Waals surface area contributed by atoms with Gasteiger partial charge in [0, 0.05) is 0 Å². The first-order valence-electron chi connectivity index (χ1n) is 16.1. The van der Waals surface area contributed by atoms with Crippen molar-refractivity contribution in [3.63, 3.8) is 0 Å². The fourth-order valence-electron chi connectivity index (χ4n) is 8.31. The second-order valence-electron chi connectivity index (χ2n) is 12.9. The zero-order valence-corrected chi connectivity index (χ0v) is 25.0. The van der Waals surface area contributed by atoms with E-state index in [1.54, 1.807) is 0 Å². The Hall–Kier alpha value is -5.98. The molecular weight excluding hydrogens is 553 g/mol. The average molecular weight is 579 g/mol. The zero-order valence-electron chi connectivity index (χ0n) is 25.0. The largest absolute Gasteiger partial charge is 0.0610 e. The van der Waals surface area contributed by atoms with Crippen molar-refractivity contribution in [2.75, 3.05) is 0 Å². The molecule has 46 heavy (non-hydrogen) atoms. The van der Waals surface area contributed by atoms with Gasteiger partial charge in [0.1, 0.15) is 0 Å². The van der Waals surface area contributed by atoms with Gasteiger partial charge in [-0.05, 0) is 133 Å². The van der Waals surface area contributed by atoms with Crippen LogP contribution in [0.2, 0.25) is 0 Å². The van der Waals surface area contributed by atoms with E-state index in [-0.39, 0.29) is 0 Å². The van der Waals surface area contributed by atoms with Crippen molar-refractivity contribution in [3.05, 3.63) is 158 Å². The van der Waals surface area contributed by atoms with Crippen molar-refractivity contribution >= 4 is 86.2 Å². The van der Waals surface area contributed by atoms with Crippen molar-refractivity contribution in [1.29, 1.82) is 0 Å². The first-order valence-corrected chi connectivity index (χ1v) is 16.1. The number of hydrogen-bond donors (Lipinski definition) is 0. The first-order chi connectivity index (χ1) is 22.8. The van der Waals surface area contributed by atoms with Crippen LogP contribution in [0.5, 0.6) is 0 Å². The molecule has 0 aliphatic carbocycles. The van der Waals surface area contributed by atoms with E-state index in [0.717, 1.165) is 0 Å². The van der Waals surface area contributed by atoms with Crippen LogP contribution in [0.1, 0.15) is 0 Å². The van der Waals surface area contributed by atoms with E-state index in [1.807, 2.05) is 0 Å². The predicted octanol–water partition coefficient (Wildman–Crippen LogP) is 13.1. The summed E-state index contributed by atoms with van der Waals surface area (Å²) in [6, 6.07) is 59.3. The van der Waals surface area contributed by atoms with Gasteiger partial charge in [0.25, 0.3) is 0 Å². The Morgan fingerprint density at radius 1 is 0.217 bits per heavy atom. The van der Waals surface area contributed by atoms with E-state index in [9.17, 15) is 0 Å². The summed E-state index contributed by atoms with van der Waals surface area (Å²) >= 11 is 0. The van der Waals surface area contributed by atoms with E-state index in [2.05, 4.69) is 158 Å². The van der Waals surface area contributed by atoms with Crippen LogP contribution in [0, 0.1) is 0 Å². The molecular formula is C46H26. The number of fused-ring (bicyclic) bond motifs is 3. The quantitative estimate of drug-likeness (QED) is 0.179. The lowest BCUT2D eigenvalue weighted by Gasteiger charge is -2.15. The molecule has 0 amide bonds. The Balaban J connectivity index is 1.08. The highest BCUT2D eigenvalue weighted by atomic mass is 14.2. The third kappa shape index (κ3) is 3.28. The molecule has 0 heteroatoms. The number of benzene rings is 11. The van der Waals surface area contributed by atoms with Gasteiger partial charge in [-0.15, -0.1) is 0 Å². The van der Waals surface area contributed by atoms with Gasteiger partial charge >= 0.3 is 0 Å². The van der Waals surface area contributed by atoms with E-state index in [4.69, 9.17) is 0 Å². The highest BCUT2D eigenvalue weighted by Crippen LogP contribution is 2.41. The van der Waals surface area contributed by atoms with E-state index in [0.29, 0.717) is 0 Å².